The molecule has 0 spiro atoms. The van der Waals surface area contributed by atoms with E-state index in [0.717, 1.165) is 37.4 Å². The predicted octanol–water partition coefficient (Wildman–Crippen LogP) is 3.61. The Morgan fingerprint density at radius 2 is 2.00 bits per heavy atom. The molecule has 0 bridgehead atoms. The fourth-order valence-corrected chi connectivity index (χ4v) is 3.19. The minimum absolute atomic E-state index is 0.166. The molecular formula is C17H25NO2. The molecule has 2 atom stereocenters. The molecule has 20 heavy (non-hydrogen) atoms. The van der Waals surface area contributed by atoms with Crippen molar-refractivity contribution < 1.29 is 9.90 Å². The van der Waals surface area contributed by atoms with Crippen LogP contribution < -0.4 is 4.90 Å². The van der Waals surface area contributed by atoms with Crippen molar-refractivity contribution in [1.82, 2.24) is 0 Å². The molecule has 1 aromatic rings. The molecule has 1 N–H and O–H groups in total. The van der Waals surface area contributed by atoms with Crippen LogP contribution in [0, 0.1) is 11.8 Å². The van der Waals surface area contributed by atoms with Gasteiger partial charge in [-0.1, -0.05) is 19.8 Å². The first-order chi connectivity index (χ1) is 9.60. The lowest BCUT2D eigenvalue weighted by Gasteiger charge is -2.31. The Morgan fingerprint density at radius 1 is 1.30 bits per heavy atom. The van der Waals surface area contributed by atoms with Crippen molar-refractivity contribution in [2.75, 3.05) is 18.5 Å². The predicted molar refractivity (Wildman–Crippen MR) is 82.1 cm³/mol. The zero-order chi connectivity index (χ0) is 14.5. The molecule has 110 valence electrons. The maximum Gasteiger partial charge on any atom is 0.137 e. The minimum atomic E-state index is 0.166. The molecule has 2 unspecified atom stereocenters. The number of rotatable bonds is 5. The molecule has 1 fully saturated rings. The van der Waals surface area contributed by atoms with Gasteiger partial charge in [-0.3, -0.25) is 4.79 Å². The summed E-state index contributed by atoms with van der Waals surface area (Å²) in [4.78, 5) is 14.2. The van der Waals surface area contributed by atoms with E-state index in [2.05, 4.69) is 11.8 Å². The molecule has 0 aliphatic heterocycles. The van der Waals surface area contributed by atoms with Crippen LogP contribution in [0.4, 0.5) is 5.69 Å². The first-order valence-corrected chi connectivity index (χ1v) is 7.63. The van der Waals surface area contributed by atoms with Crippen molar-refractivity contribution in [3.05, 3.63) is 24.3 Å². The van der Waals surface area contributed by atoms with Crippen LogP contribution in [0.5, 0.6) is 5.75 Å². The van der Waals surface area contributed by atoms with Crippen LogP contribution in [-0.2, 0) is 4.79 Å². The average molecular weight is 275 g/mol. The fourth-order valence-electron chi connectivity index (χ4n) is 3.19. The molecule has 1 aliphatic carbocycles. The van der Waals surface area contributed by atoms with Crippen molar-refractivity contribution in [2.24, 2.45) is 11.8 Å². The molecule has 3 nitrogen and oxygen atoms in total. The zero-order valence-corrected chi connectivity index (χ0v) is 12.5. The van der Waals surface area contributed by atoms with Gasteiger partial charge in [0.2, 0.25) is 0 Å². The normalized spacial score (nSPS) is 22.8. The van der Waals surface area contributed by atoms with Gasteiger partial charge in [-0.15, -0.1) is 0 Å². The van der Waals surface area contributed by atoms with Crippen LogP contribution in [0.15, 0.2) is 24.3 Å². The summed E-state index contributed by atoms with van der Waals surface area (Å²) < 4.78 is 0. The average Bonchev–Trinajstić information content (AvgIpc) is 2.43. The van der Waals surface area contributed by atoms with E-state index in [1.54, 1.807) is 12.1 Å². The Balaban J connectivity index is 1.96. The third-order valence-electron chi connectivity index (χ3n) is 4.35. The Labute approximate surface area is 121 Å². The second-order valence-electron chi connectivity index (χ2n) is 5.99. The van der Waals surface area contributed by atoms with Crippen LogP contribution in [0.1, 0.15) is 39.0 Å². The highest BCUT2D eigenvalue weighted by Gasteiger charge is 2.29. The van der Waals surface area contributed by atoms with E-state index in [4.69, 9.17) is 0 Å². The number of carbonyl (C=O) groups is 1. The van der Waals surface area contributed by atoms with Gasteiger partial charge in [0.1, 0.15) is 11.5 Å². The summed E-state index contributed by atoms with van der Waals surface area (Å²) in [5, 5.41) is 9.32. The van der Waals surface area contributed by atoms with Crippen molar-refractivity contribution in [1.29, 1.82) is 0 Å². The van der Waals surface area contributed by atoms with Gasteiger partial charge in [0.15, 0.2) is 0 Å². The quantitative estimate of drug-likeness (QED) is 0.892. The van der Waals surface area contributed by atoms with Gasteiger partial charge in [-0.2, -0.15) is 0 Å². The molecule has 0 saturated heterocycles. The van der Waals surface area contributed by atoms with Gasteiger partial charge in [0, 0.05) is 31.6 Å². The largest absolute Gasteiger partial charge is 0.508 e. The lowest BCUT2D eigenvalue weighted by atomic mass is 9.78. The Hall–Kier alpha value is -1.51. The first-order valence-electron chi connectivity index (χ1n) is 7.63. The molecule has 1 saturated carbocycles. The number of carbonyl (C=O) groups excluding carboxylic acids is 1. The van der Waals surface area contributed by atoms with Gasteiger partial charge >= 0.3 is 0 Å². The second kappa shape index (κ2) is 6.78. The van der Waals surface area contributed by atoms with Gasteiger partial charge in [0.05, 0.1) is 0 Å². The molecule has 0 amide bonds. The topological polar surface area (TPSA) is 40.5 Å². The van der Waals surface area contributed by atoms with E-state index < -0.39 is 0 Å². The van der Waals surface area contributed by atoms with Gasteiger partial charge in [-0.25, -0.2) is 0 Å². The Morgan fingerprint density at radius 3 is 2.65 bits per heavy atom. The molecule has 1 aliphatic rings. The van der Waals surface area contributed by atoms with Crippen LogP contribution in [0.2, 0.25) is 0 Å². The number of phenolic OH excluding ortho intramolecular Hbond substituents is 1. The van der Waals surface area contributed by atoms with E-state index >= 15 is 0 Å². The zero-order valence-electron chi connectivity index (χ0n) is 12.5. The van der Waals surface area contributed by atoms with Crippen molar-refractivity contribution in [3.8, 4) is 5.75 Å². The number of phenols is 1. The summed E-state index contributed by atoms with van der Waals surface area (Å²) in [5.74, 6) is 1.58. The number of ketones is 1. The second-order valence-corrected chi connectivity index (χ2v) is 5.99. The minimum Gasteiger partial charge on any atom is -0.508 e. The lowest BCUT2D eigenvalue weighted by molar-refractivity contribution is -0.125. The van der Waals surface area contributed by atoms with Crippen LogP contribution in [0.3, 0.4) is 0 Å². The van der Waals surface area contributed by atoms with Crippen molar-refractivity contribution in [3.63, 3.8) is 0 Å². The van der Waals surface area contributed by atoms with E-state index in [0.29, 0.717) is 5.78 Å². The third-order valence-corrected chi connectivity index (χ3v) is 4.35. The number of nitrogens with zero attached hydrogens (tertiary/aromatic N) is 1. The fraction of sp³-hybridized carbons (Fsp3) is 0.588. The number of hydrogen-bond acceptors (Lipinski definition) is 3. The third kappa shape index (κ3) is 3.75. The number of hydrogen-bond donors (Lipinski definition) is 1. The van der Waals surface area contributed by atoms with Gasteiger partial charge in [0.25, 0.3) is 0 Å². The smallest absolute Gasteiger partial charge is 0.137 e. The summed E-state index contributed by atoms with van der Waals surface area (Å²) >= 11 is 0. The molecular weight excluding hydrogens is 250 g/mol. The summed E-state index contributed by atoms with van der Waals surface area (Å²) in [5.41, 5.74) is 1.05. The first kappa shape index (κ1) is 14.9. The molecule has 2 rings (SSSR count). The lowest BCUT2D eigenvalue weighted by Crippen LogP contribution is -2.34. The van der Waals surface area contributed by atoms with Gasteiger partial charge in [-0.05, 0) is 43.0 Å². The van der Waals surface area contributed by atoms with Crippen molar-refractivity contribution in [2.45, 2.75) is 39.0 Å². The highest BCUT2D eigenvalue weighted by molar-refractivity contribution is 5.82. The molecule has 0 aromatic heterocycles. The number of benzene rings is 1. The van der Waals surface area contributed by atoms with E-state index in [9.17, 15) is 9.90 Å². The standard InChI is InChI=1S/C17H25NO2/c1-3-4-13-5-10-17(20)14(11-13)12-18(2)15-6-8-16(19)9-7-15/h6-9,13-14,19H,3-5,10-12H2,1-2H3. The monoisotopic (exact) mass is 275 g/mol. The molecule has 0 heterocycles. The van der Waals surface area contributed by atoms with Crippen molar-refractivity contribution >= 4 is 11.5 Å². The maximum atomic E-state index is 12.1. The number of aromatic hydroxyl groups is 1. The summed E-state index contributed by atoms with van der Waals surface area (Å²) in [6, 6.07) is 7.17. The molecule has 0 radical (unpaired) electrons. The maximum absolute atomic E-state index is 12.1. The highest BCUT2D eigenvalue weighted by atomic mass is 16.3. The number of anilines is 1. The Bertz CT molecular complexity index is 441. The van der Waals surface area contributed by atoms with Gasteiger partial charge < -0.3 is 10.0 Å². The SMILES string of the molecule is CCCC1CCC(=O)C(CN(C)c2ccc(O)cc2)C1. The number of Topliss-reactive ketones (excluding diaryl/α,β-unsaturated/α-hetero) is 1. The summed E-state index contributed by atoms with van der Waals surface area (Å²) in [7, 11) is 2.02. The highest BCUT2D eigenvalue weighted by Crippen LogP contribution is 2.31. The molecule has 3 heteroatoms. The van der Waals surface area contributed by atoms with E-state index in [-0.39, 0.29) is 11.7 Å². The van der Waals surface area contributed by atoms with Crippen LogP contribution >= 0.6 is 0 Å². The Kier molecular flexibility index (Phi) is 5.05. The summed E-state index contributed by atoms with van der Waals surface area (Å²) in [6.45, 7) is 3.00. The van der Waals surface area contributed by atoms with Crippen LogP contribution in [-0.4, -0.2) is 24.5 Å². The van der Waals surface area contributed by atoms with Crippen LogP contribution in [0.25, 0.3) is 0 Å². The molecule has 1 aromatic carbocycles. The van der Waals surface area contributed by atoms with E-state index in [1.165, 1.54) is 12.8 Å². The summed E-state index contributed by atoms with van der Waals surface area (Å²) in [6.07, 6.45) is 5.31. The van der Waals surface area contributed by atoms with E-state index in [1.807, 2.05) is 19.2 Å².